The molecule has 2 amide bonds. The van der Waals surface area contributed by atoms with E-state index in [2.05, 4.69) is 28.8 Å². The highest BCUT2D eigenvalue weighted by atomic mass is 16.5. The van der Waals surface area contributed by atoms with Crippen molar-refractivity contribution in [3.05, 3.63) is 70.8 Å². The lowest BCUT2D eigenvalue weighted by Crippen LogP contribution is -2.45. The number of hydrogen-bond donors (Lipinski definition) is 3. The first-order chi connectivity index (χ1) is 13.6. The smallest absolute Gasteiger partial charge is 0.335 e. The molecule has 1 aliphatic heterocycles. The molecule has 1 saturated heterocycles. The second kappa shape index (κ2) is 7.64. The van der Waals surface area contributed by atoms with Crippen LogP contribution in [0.1, 0.15) is 45.9 Å². The lowest BCUT2D eigenvalue weighted by molar-refractivity contribution is 0.00214. The second-order valence-corrected chi connectivity index (χ2v) is 7.61. The number of urea groups is 1. The molecule has 0 bridgehead atoms. The summed E-state index contributed by atoms with van der Waals surface area (Å²) < 4.78 is 5.57. The van der Waals surface area contributed by atoms with E-state index in [0.29, 0.717) is 6.54 Å². The van der Waals surface area contributed by atoms with Crippen molar-refractivity contribution in [2.75, 3.05) is 13.2 Å². The fourth-order valence-electron chi connectivity index (χ4n) is 4.39. The van der Waals surface area contributed by atoms with Crippen molar-refractivity contribution >= 4 is 12.0 Å². The van der Waals surface area contributed by atoms with Crippen molar-refractivity contribution in [3.8, 4) is 0 Å². The van der Waals surface area contributed by atoms with E-state index in [4.69, 9.17) is 9.84 Å². The molecule has 2 aliphatic rings. The maximum atomic E-state index is 12.6. The molecule has 6 nitrogen and oxygen atoms in total. The molecule has 1 atom stereocenters. The molecule has 3 N–H and O–H groups in total. The Balaban J connectivity index is 1.44. The van der Waals surface area contributed by atoms with Crippen molar-refractivity contribution < 1.29 is 19.4 Å². The van der Waals surface area contributed by atoms with Gasteiger partial charge in [0, 0.05) is 25.2 Å². The minimum absolute atomic E-state index is 0.0163. The maximum absolute atomic E-state index is 12.6. The summed E-state index contributed by atoms with van der Waals surface area (Å²) in [5, 5.41) is 15.1. The third-order valence-electron chi connectivity index (χ3n) is 5.94. The zero-order valence-electron chi connectivity index (χ0n) is 15.6. The number of carbonyl (C=O) groups excluding carboxylic acids is 1. The average molecular weight is 380 g/mol. The number of carboxylic acid groups (broad SMARTS) is 1. The van der Waals surface area contributed by atoms with Gasteiger partial charge in [0.15, 0.2) is 0 Å². The normalized spacial score (nSPS) is 19.8. The summed E-state index contributed by atoms with van der Waals surface area (Å²) in [7, 11) is 0. The molecular weight excluding hydrogens is 356 g/mol. The Morgan fingerprint density at radius 2 is 1.79 bits per heavy atom. The van der Waals surface area contributed by atoms with Crippen LogP contribution in [0.5, 0.6) is 0 Å². The van der Waals surface area contributed by atoms with Crippen LogP contribution in [0.2, 0.25) is 0 Å². The van der Waals surface area contributed by atoms with Gasteiger partial charge >= 0.3 is 12.0 Å². The van der Waals surface area contributed by atoms with Crippen LogP contribution >= 0.6 is 0 Å². The van der Waals surface area contributed by atoms with Crippen LogP contribution in [0.15, 0.2) is 48.5 Å². The molecule has 6 heteroatoms. The van der Waals surface area contributed by atoms with Gasteiger partial charge in [-0.2, -0.15) is 0 Å². The van der Waals surface area contributed by atoms with Crippen LogP contribution in [0.4, 0.5) is 4.79 Å². The number of carbonyl (C=O) groups is 2. The average Bonchev–Trinajstić information content (AvgIpc) is 3.00. The maximum Gasteiger partial charge on any atom is 0.335 e. The molecule has 0 radical (unpaired) electrons. The van der Waals surface area contributed by atoms with Crippen molar-refractivity contribution in [3.63, 3.8) is 0 Å². The fourth-order valence-corrected chi connectivity index (χ4v) is 4.39. The molecular formula is C22H24N2O4. The summed E-state index contributed by atoms with van der Waals surface area (Å²) in [6, 6.07) is 14.6. The van der Waals surface area contributed by atoms with E-state index < -0.39 is 5.97 Å². The van der Waals surface area contributed by atoms with Crippen LogP contribution in [0, 0.1) is 5.41 Å². The van der Waals surface area contributed by atoms with Gasteiger partial charge in [-0.15, -0.1) is 0 Å². The first kappa shape index (κ1) is 18.5. The summed E-state index contributed by atoms with van der Waals surface area (Å²) in [5.74, 6) is -0.959. The molecule has 1 spiro atoms. The van der Waals surface area contributed by atoms with Gasteiger partial charge in [0.25, 0.3) is 0 Å². The van der Waals surface area contributed by atoms with Crippen LogP contribution in [0.25, 0.3) is 0 Å². The Hall–Kier alpha value is -2.86. The molecule has 1 heterocycles. The summed E-state index contributed by atoms with van der Waals surface area (Å²) in [4.78, 5) is 23.6. The summed E-state index contributed by atoms with van der Waals surface area (Å²) in [6.07, 6.45) is 2.83. The van der Waals surface area contributed by atoms with Crippen molar-refractivity contribution in [1.29, 1.82) is 0 Å². The van der Waals surface area contributed by atoms with Gasteiger partial charge in [-0.1, -0.05) is 36.4 Å². The summed E-state index contributed by atoms with van der Waals surface area (Å²) in [6.45, 7) is 1.80. The number of amides is 2. The molecule has 0 aromatic heterocycles. The number of aromatic carboxylic acids is 1. The van der Waals surface area contributed by atoms with Gasteiger partial charge in [-0.05, 0) is 48.1 Å². The van der Waals surface area contributed by atoms with E-state index in [0.717, 1.165) is 38.0 Å². The van der Waals surface area contributed by atoms with Crippen LogP contribution < -0.4 is 10.6 Å². The van der Waals surface area contributed by atoms with E-state index >= 15 is 0 Å². The molecule has 4 rings (SSSR count). The van der Waals surface area contributed by atoms with E-state index in [-0.39, 0.29) is 23.1 Å². The Morgan fingerprint density at radius 1 is 1.07 bits per heavy atom. The van der Waals surface area contributed by atoms with Gasteiger partial charge in [0.1, 0.15) is 0 Å². The highest BCUT2D eigenvalue weighted by Gasteiger charge is 2.47. The molecule has 1 aliphatic carbocycles. The zero-order chi connectivity index (χ0) is 19.6. The van der Waals surface area contributed by atoms with E-state index in [1.165, 1.54) is 11.1 Å². The SMILES string of the molecule is O=C(NCc1ccc(C(=O)O)cc1)NC1c2ccccc2CC12CCOCC2. The van der Waals surface area contributed by atoms with Crippen LogP contribution in [-0.4, -0.2) is 30.3 Å². The van der Waals surface area contributed by atoms with E-state index in [1.54, 1.807) is 24.3 Å². The predicted molar refractivity (Wildman–Crippen MR) is 104 cm³/mol. The highest BCUT2D eigenvalue weighted by Crippen LogP contribution is 2.51. The van der Waals surface area contributed by atoms with Gasteiger partial charge < -0.3 is 20.5 Å². The molecule has 1 fully saturated rings. The Labute approximate surface area is 163 Å². The number of rotatable bonds is 4. The van der Waals surface area contributed by atoms with Crippen molar-refractivity contribution in [2.24, 2.45) is 5.41 Å². The van der Waals surface area contributed by atoms with E-state index in [9.17, 15) is 9.59 Å². The van der Waals surface area contributed by atoms with Gasteiger partial charge in [0.05, 0.1) is 11.6 Å². The van der Waals surface area contributed by atoms with Crippen molar-refractivity contribution in [1.82, 2.24) is 10.6 Å². The van der Waals surface area contributed by atoms with Crippen LogP contribution in [0.3, 0.4) is 0 Å². The molecule has 2 aromatic rings. The van der Waals surface area contributed by atoms with Gasteiger partial charge in [-0.3, -0.25) is 0 Å². The quantitative estimate of drug-likeness (QED) is 0.760. The minimum Gasteiger partial charge on any atom is -0.478 e. The standard InChI is InChI=1S/C22H24N2O4/c25-20(26)16-7-5-15(6-8-16)14-23-21(27)24-19-18-4-2-1-3-17(18)13-22(19)9-11-28-12-10-22/h1-8,19H,9-14H2,(H,25,26)(H2,23,24,27). The van der Waals surface area contributed by atoms with Gasteiger partial charge in [0.2, 0.25) is 0 Å². The Bertz CT molecular complexity index is 872. The zero-order valence-corrected chi connectivity index (χ0v) is 15.6. The third kappa shape index (κ3) is 3.60. The lowest BCUT2D eigenvalue weighted by atomic mass is 9.74. The number of nitrogens with one attached hydrogen (secondary N) is 2. The Kier molecular flexibility index (Phi) is 5.05. The minimum atomic E-state index is -0.959. The number of fused-ring (bicyclic) bond motifs is 1. The highest BCUT2D eigenvalue weighted by molar-refractivity contribution is 5.87. The van der Waals surface area contributed by atoms with Crippen molar-refractivity contribution in [2.45, 2.75) is 31.8 Å². The summed E-state index contributed by atoms with van der Waals surface area (Å²) in [5.41, 5.74) is 3.61. The summed E-state index contributed by atoms with van der Waals surface area (Å²) >= 11 is 0. The monoisotopic (exact) mass is 380 g/mol. The molecule has 146 valence electrons. The third-order valence-corrected chi connectivity index (χ3v) is 5.94. The predicted octanol–water partition coefficient (Wildman–Crippen LogP) is 3.28. The molecule has 28 heavy (non-hydrogen) atoms. The molecule has 2 aromatic carbocycles. The van der Waals surface area contributed by atoms with Crippen LogP contribution in [-0.2, 0) is 17.7 Å². The largest absolute Gasteiger partial charge is 0.478 e. The number of carboxylic acids is 1. The number of benzene rings is 2. The lowest BCUT2D eigenvalue weighted by Gasteiger charge is -2.39. The second-order valence-electron chi connectivity index (χ2n) is 7.61. The van der Waals surface area contributed by atoms with Gasteiger partial charge in [-0.25, -0.2) is 9.59 Å². The fraction of sp³-hybridized carbons (Fsp3) is 0.364. The van der Waals surface area contributed by atoms with E-state index in [1.807, 2.05) is 6.07 Å². The first-order valence-electron chi connectivity index (χ1n) is 9.60. The number of hydrogen-bond acceptors (Lipinski definition) is 3. The first-order valence-corrected chi connectivity index (χ1v) is 9.60. The molecule has 0 saturated carbocycles. The Morgan fingerprint density at radius 3 is 2.50 bits per heavy atom. The number of ether oxygens (including phenoxy) is 1. The topological polar surface area (TPSA) is 87.7 Å². The molecule has 1 unspecified atom stereocenters.